The SMILES string of the molecule is COc1cc(N2C=C(C(=O)N3CCCC3)S(=O)(=O)c3ccccc32)cc(OC)c1OC. The van der Waals surface area contributed by atoms with Crippen molar-refractivity contribution in [3.05, 3.63) is 47.5 Å². The number of hydrogen-bond acceptors (Lipinski definition) is 7. The minimum Gasteiger partial charge on any atom is -0.493 e. The molecule has 1 fully saturated rings. The molecule has 0 unspecified atom stereocenters. The van der Waals surface area contributed by atoms with Crippen LogP contribution in [0.4, 0.5) is 11.4 Å². The normalized spacial score (nSPS) is 17.1. The minimum absolute atomic E-state index is 0.0776. The molecule has 0 aliphatic carbocycles. The van der Waals surface area contributed by atoms with Gasteiger partial charge in [-0.1, -0.05) is 12.1 Å². The second-order valence-corrected chi connectivity index (χ2v) is 9.10. The van der Waals surface area contributed by atoms with Gasteiger partial charge >= 0.3 is 0 Å². The fourth-order valence-electron chi connectivity index (χ4n) is 3.92. The van der Waals surface area contributed by atoms with Gasteiger partial charge in [0, 0.05) is 31.4 Å². The Morgan fingerprint density at radius 3 is 2.13 bits per heavy atom. The molecule has 2 aromatic rings. The van der Waals surface area contributed by atoms with Gasteiger partial charge in [-0.25, -0.2) is 8.42 Å². The number of fused-ring (bicyclic) bond motifs is 1. The Kier molecular flexibility index (Phi) is 5.53. The van der Waals surface area contributed by atoms with Crippen LogP contribution in [0.15, 0.2) is 52.4 Å². The van der Waals surface area contributed by atoms with E-state index in [1.165, 1.54) is 33.6 Å². The first kappa shape index (κ1) is 21.0. The predicted octanol–water partition coefficient (Wildman–Crippen LogP) is 3.10. The average molecular weight is 445 g/mol. The van der Waals surface area contributed by atoms with Crippen LogP contribution in [0.1, 0.15) is 12.8 Å². The lowest BCUT2D eigenvalue weighted by Gasteiger charge is -2.30. The molecule has 1 saturated heterocycles. The van der Waals surface area contributed by atoms with Crippen molar-refractivity contribution in [2.45, 2.75) is 17.7 Å². The molecule has 31 heavy (non-hydrogen) atoms. The molecule has 0 aromatic heterocycles. The molecule has 0 radical (unpaired) electrons. The van der Waals surface area contributed by atoms with Gasteiger partial charge in [0.15, 0.2) is 16.4 Å². The smallest absolute Gasteiger partial charge is 0.267 e. The summed E-state index contributed by atoms with van der Waals surface area (Å²) in [5.41, 5.74) is 1.01. The van der Waals surface area contributed by atoms with Gasteiger partial charge in [0.2, 0.25) is 15.6 Å². The summed E-state index contributed by atoms with van der Waals surface area (Å²) in [5.74, 6) is 0.778. The Balaban J connectivity index is 1.92. The number of carbonyl (C=O) groups is 1. The number of methoxy groups -OCH3 is 3. The Hall–Kier alpha value is -3.20. The van der Waals surface area contributed by atoms with E-state index in [9.17, 15) is 13.2 Å². The van der Waals surface area contributed by atoms with Crippen molar-refractivity contribution < 1.29 is 27.4 Å². The molecule has 9 heteroatoms. The van der Waals surface area contributed by atoms with Crippen LogP contribution >= 0.6 is 0 Å². The predicted molar refractivity (Wildman–Crippen MR) is 116 cm³/mol. The first-order valence-electron chi connectivity index (χ1n) is 9.87. The van der Waals surface area contributed by atoms with Crippen LogP contribution in [-0.4, -0.2) is 53.6 Å². The van der Waals surface area contributed by atoms with Gasteiger partial charge in [0.05, 0.1) is 37.6 Å². The maximum Gasteiger partial charge on any atom is 0.267 e. The third kappa shape index (κ3) is 3.48. The third-order valence-electron chi connectivity index (χ3n) is 5.48. The van der Waals surface area contributed by atoms with Crippen molar-refractivity contribution in [2.75, 3.05) is 39.3 Å². The molecular weight excluding hydrogens is 420 g/mol. The molecule has 2 aliphatic heterocycles. The monoisotopic (exact) mass is 444 g/mol. The molecule has 164 valence electrons. The van der Waals surface area contributed by atoms with Crippen LogP contribution in [-0.2, 0) is 14.6 Å². The lowest BCUT2D eigenvalue weighted by Crippen LogP contribution is -2.35. The number of benzene rings is 2. The van der Waals surface area contributed by atoms with E-state index in [0.29, 0.717) is 41.7 Å². The van der Waals surface area contributed by atoms with Crippen molar-refractivity contribution in [1.29, 1.82) is 0 Å². The van der Waals surface area contributed by atoms with E-state index < -0.39 is 15.7 Å². The van der Waals surface area contributed by atoms with Crippen LogP contribution in [0.2, 0.25) is 0 Å². The second kappa shape index (κ2) is 8.14. The lowest BCUT2D eigenvalue weighted by molar-refractivity contribution is -0.125. The summed E-state index contributed by atoms with van der Waals surface area (Å²) in [7, 11) is 0.561. The maximum atomic E-state index is 13.3. The zero-order valence-electron chi connectivity index (χ0n) is 17.6. The molecule has 0 bridgehead atoms. The lowest BCUT2D eigenvalue weighted by atomic mass is 10.2. The summed E-state index contributed by atoms with van der Waals surface area (Å²) in [4.78, 5) is 16.2. The Bertz CT molecular complexity index is 1130. The van der Waals surface area contributed by atoms with Gasteiger partial charge < -0.3 is 24.0 Å². The van der Waals surface area contributed by atoms with E-state index >= 15 is 0 Å². The Labute approximate surface area is 181 Å². The van der Waals surface area contributed by atoms with E-state index in [-0.39, 0.29) is 9.80 Å². The molecule has 2 aliphatic rings. The van der Waals surface area contributed by atoms with Gasteiger partial charge in [-0.2, -0.15) is 0 Å². The molecular formula is C22H24N2O6S. The third-order valence-corrected chi connectivity index (χ3v) is 7.27. The molecule has 0 N–H and O–H groups in total. The summed E-state index contributed by atoms with van der Waals surface area (Å²) in [6.45, 7) is 1.11. The number of carbonyl (C=O) groups excluding carboxylic acids is 1. The minimum atomic E-state index is -3.96. The van der Waals surface area contributed by atoms with Crippen LogP contribution in [0, 0.1) is 0 Å². The van der Waals surface area contributed by atoms with E-state index in [1.807, 2.05) is 0 Å². The summed E-state index contributed by atoms with van der Waals surface area (Å²) in [5, 5.41) is 0. The molecule has 8 nitrogen and oxygen atoms in total. The van der Waals surface area contributed by atoms with Crippen LogP contribution < -0.4 is 19.1 Å². The van der Waals surface area contributed by atoms with E-state index in [1.54, 1.807) is 40.1 Å². The number of anilines is 2. The first-order valence-corrected chi connectivity index (χ1v) is 11.3. The number of amides is 1. The maximum absolute atomic E-state index is 13.3. The van der Waals surface area contributed by atoms with E-state index in [2.05, 4.69) is 0 Å². The van der Waals surface area contributed by atoms with Crippen molar-refractivity contribution in [3.8, 4) is 17.2 Å². The fourth-order valence-corrected chi connectivity index (χ4v) is 5.46. The van der Waals surface area contributed by atoms with Gasteiger partial charge in [0.1, 0.15) is 0 Å². The number of hydrogen-bond donors (Lipinski definition) is 0. The van der Waals surface area contributed by atoms with Gasteiger partial charge in [0.25, 0.3) is 5.91 Å². The topological polar surface area (TPSA) is 85.4 Å². The number of likely N-dealkylation sites (tertiary alicyclic amines) is 1. The highest BCUT2D eigenvalue weighted by molar-refractivity contribution is 7.96. The Morgan fingerprint density at radius 2 is 1.55 bits per heavy atom. The summed E-state index contributed by atoms with van der Waals surface area (Å²) >= 11 is 0. The summed E-state index contributed by atoms with van der Waals surface area (Å²) in [6, 6.07) is 10.0. The summed E-state index contributed by atoms with van der Waals surface area (Å²) < 4.78 is 42.9. The molecule has 0 saturated carbocycles. The number of ether oxygens (including phenoxy) is 3. The fraction of sp³-hybridized carbons (Fsp3) is 0.318. The highest BCUT2D eigenvalue weighted by Gasteiger charge is 2.38. The van der Waals surface area contributed by atoms with Gasteiger partial charge in [-0.05, 0) is 25.0 Å². The van der Waals surface area contributed by atoms with Gasteiger partial charge in [-0.15, -0.1) is 0 Å². The van der Waals surface area contributed by atoms with Crippen molar-refractivity contribution in [3.63, 3.8) is 0 Å². The largest absolute Gasteiger partial charge is 0.493 e. The zero-order chi connectivity index (χ0) is 22.2. The molecule has 4 rings (SSSR count). The standard InChI is InChI=1S/C22H24N2O6S/c1-28-17-12-15(13-18(29-2)21(17)30-3)24-14-20(22(25)23-10-6-7-11-23)31(26,27)19-9-5-4-8-16(19)24/h4-5,8-9,12-14H,6-7,10-11H2,1-3H3. The average Bonchev–Trinajstić information content (AvgIpc) is 3.33. The van der Waals surface area contributed by atoms with E-state index in [0.717, 1.165) is 12.8 Å². The second-order valence-electron chi connectivity index (χ2n) is 7.22. The van der Waals surface area contributed by atoms with E-state index in [4.69, 9.17) is 14.2 Å². The number of nitrogens with zero attached hydrogens (tertiary/aromatic N) is 2. The highest BCUT2D eigenvalue weighted by Crippen LogP contribution is 2.46. The van der Waals surface area contributed by atoms with Crippen molar-refractivity contribution >= 4 is 27.1 Å². The zero-order valence-corrected chi connectivity index (χ0v) is 18.4. The Morgan fingerprint density at radius 1 is 0.935 bits per heavy atom. The molecule has 0 spiro atoms. The van der Waals surface area contributed by atoms with Gasteiger partial charge in [-0.3, -0.25) is 4.79 Å². The quantitative estimate of drug-likeness (QED) is 0.701. The van der Waals surface area contributed by atoms with Crippen LogP contribution in [0.3, 0.4) is 0 Å². The highest BCUT2D eigenvalue weighted by atomic mass is 32.2. The number of para-hydroxylation sites is 1. The van der Waals surface area contributed by atoms with Crippen LogP contribution in [0.25, 0.3) is 0 Å². The van der Waals surface area contributed by atoms with Crippen molar-refractivity contribution in [1.82, 2.24) is 4.90 Å². The molecule has 0 atom stereocenters. The summed E-state index contributed by atoms with van der Waals surface area (Å²) in [6.07, 6.45) is 3.12. The molecule has 1 amide bonds. The molecule has 2 aromatic carbocycles. The first-order chi connectivity index (χ1) is 14.9. The van der Waals surface area contributed by atoms with Crippen LogP contribution in [0.5, 0.6) is 17.2 Å². The molecule has 2 heterocycles. The van der Waals surface area contributed by atoms with Crippen molar-refractivity contribution in [2.24, 2.45) is 0 Å². The number of rotatable bonds is 5. The number of sulfone groups is 1.